The normalized spacial score (nSPS) is 11.6. The Morgan fingerprint density at radius 3 is 2.23 bits per heavy atom. The van der Waals surface area contributed by atoms with Crippen molar-refractivity contribution in [3.05, 3.63) is 29.3 Å². The standard InChI is InChI=1S/C14H16F3NO4/c1-8(19)4-12(20)18-11-6-9(13(21-2)22-3)5-10(7-11)14(15,16)17/h5-7,13H,4H2,1-3H3,(H,18,20). The molecular weight excluding hydrogens is 303 g/mol. The zero-order valence-corrected chi connectivity index (χ0v) is 12.3. The molecule has 0 aliphatic rings. The van der Waals surface area contributed by atoms with Gasteiger partial charge >= 0.3 is 6.18 Å². The Bertz CT molecular complexity index is 554. The fourth-order valence-corrected chi connectivity index (χ4v) is 1.82. The first-order chi connectivity index (χ1) is 10.2. The number of Topliss-reactive ketones (excluding diaryl/α,β-unsaturated/α-hetero) is 1. The molecule has 0 bridgehead atoms. The van der Waals surface area contributed by atoms with E-state index in [9.17, 15) is 22.8 Å². The first-order valence-electron chi connectivity index (χ1n) is 6.24. The zero-order valence-electron chi connectivity index (χ0n) is 12.3. The predicted molar refractivity (Wildman–Crippen MR) is 72.1 cm³/mol. The van der Waals surface area contributed by atoms with Gasteiger partial charge in [-0.3, -0.25) is 9.59 Å². The molecule has 5 nitrogen and oxygen atoms in total. The molecule has 0 aliphatic carbocycles. The van der Waals surface area contributed by atoms with Gasteiger partial charge in [0.25, 0.3) is 0 Å². The Balaban J connectivity index is 3.18. The number of anilines is 1. The van der Waals surface area contributed by atoms with Crippen molar-refractivity contribution in [1.82, 2.24) is 0 Å². The minimum absolute atomic E-state index is 0.0878. The van der Waals surface area contributed by atoms with Gasteiger partial charge in [0.05, 0.1) is 12.0 Å². The molecule has 1 aromatic rings. The van der Waals surface area contributed by atoms with Crippen molar-refractivity contribution in [3.8, 4) is 0 Å². The molecule has 0 aromatic heterocycles. The Labute approximate surface area is 125 Å². The molecule has 122 valence electrons. The second kappa shape index (κ2) is 7.37. The van der Waals surface area contributed by atoms with Crippen molar-refractivity contribution >= 4 is 17.4 Å². The van der Waals surface area contributed by atoms with Crippen molar-refractivity contribution in [2.24, 2.45) is 0 Å². The van der Waals surface area contributed by atoms with E-state index in [1.807, 2.05) is 0 Å². The summed E-state index contributed by atoms with van der Waals surface area (Å²) in [4.78, 5) is 22.4. The van der Waals surface area contributed by atoms with Gasteiger partial charge in [-0.2, -0.15) is 13.2 Å². The minimum atomic E-state index is -4.60. The van der Waals surface area contributed by atoms with Crippen molar-refractivity contribution in [1.29, 1.82) is 0 Å². The molecule has 22 heavy (non-hydrogen) atoms. The number of rotatable bonds is 6. The summed E-state index contributed by atoms with van der Waals surface area (Å²) >= 11 is 0. The lowest BCUT2D eigenvalue weighted by Gasteiger charge is -2.18. The number of alkyl halides is 3. The Morgan fingerprint density at radius 2 is 1.77 bits per heavy atom. The van der Waals surface area contributed by atoms with Gasteiger partial charge in [-0.25, -0.2) is 0 Å². The number of nitrogens with one attached hydrogen (secondary N) is 1. The van der Waals surface area contributed by atoms with E-state index in [0.29, 0.717) is 0 Å². The zero-order chi connectivity index (χ0) is 16.9. The largest absolute Gasteiger partial charge is 0.416 e. The van der Waals surface area contributed by atoms with Crippen LogP contribution in [0.5, 0.6) is 0 Å². The van der Waals surface area contributed by atoms with E-state index in [1.54, 1.807) is 0 Å². The van der Waals surface area contributed by atoms with Crippen molar-refractivity contribution in [3.63, 3.8) is 0 Å². The number of halogens is 3. The van der Waals surface area contributed by atoms with Crippen LogP contribution in [0.3, 0.4) is 0 Å². The minimum Gasteiger partial charge on any atom is -0.352 e. The summed E-state index contributed by atoms with van der Waals surface area (Å²) in [6.07, 6.45) is -6.02. The highest BCUT2D eigenvalue weighted by Crippen LogP contribution is 2.34. The van der Waals surface area contributed by atoms with Crippen LogP contribution in [0.15, 0.2) is 18.2 Å². The topological polar surface area (TPSA) is 64.6 Å². The van der Waals surface area contributed by atoms with Crippen LogP contribution in [-0.4, -0.2) is 25.9 Å². The number of hydrogen-bond acceptors (Lipinski definition) is 4. The second-order valence-electron chi connectivity index (χ2n) is 4.57. The molecule has 0 heterocycles. The Kier molecular flexibility index (Phi) is 6.07. The maximum absolute atomic E-state index is 12.9. The molecule has 1 aromatic carbocycles. The van der Waals surface area contributed by atoms with E-state index in [0.717, 1.165) is 12.1 Å². The van der Waals surface area contributed by atoms with E-state index in [1.165, 1.54) is 27.2 Å². The number of carbonyl (C=O) groups excluding carboxylic acids is 2. The van der Waals surface area contributed by atoms with Crippen LogP contribution in [0.4, 0.5) is 18.9 Å². The lowest BCUT2D eigenvalue weighted by molar-refractivity contribution is -0.138. The highest BCUT2D eigenvalue weighted by atomic mass is 19.4. The average Bonchev–Trinajstić information content (AvgIpc) is 2.37. The van der Waals surface area contributed by atoms with Crippen LogP contribution in [-0.2, 0) is 25.2 Å². The van der Waals surface area contributed by atoms with Crippen LogP contribution in [0, 0.1) is 0 Å². The van der Waals surface area contributed by atoms with Gasteiger partial charge in [-0.15, -0.1) is 0 Å². The van der Waals surface area contributed by atoms with Crippen LogP contribution in [0.25, 0.3) is 0 Å². The molecule has 1 N–H and O–H groups in total. The molecule has 0 spiro atoms. The van der Waals surface area contributed by atoms with Crippen LogP contribution < -0.4 is 5.32 Å². The molecule has 0 atom stereocenters. The van der Waals surface area contributed by atoms with E-state index >= 15 is 0 Å². The molecule has 1 amide bonds. The lowest BCUT2D eigenvalue weighted by Crippen LogP contribution is -2.16. The van der Waals surface area contributed by atoms with Crippen molar-refractivity contribution < 1.29 is 32.2 Å². The lowest BCUT2D eigenvalue weighted by atomic mass is 10.1. The third-order valence-corrected chi connectivity index (χ3v) is 2.68. The van der Waals surface area contributed by atoms with Gasteiger partial charge in [-0.05, 0) is 25.1 Å². The van der Waals surface area contributed by atoms with Gasteiger partial charge in [0, 0.05) is 25.5 Å². The first-order valence-corrected chi connectivity index (χ1v) is 6.24. The SMILES string of the molecule is COC(OC)c1cc(NC(=O)CC(C)=O)cc(C(F)(F)F)c1. The summed E-state index contributed by atoms with van der Waals surface area (Å²) < 4.78 is 48.6. The average molecular weight is 319 g/mol. The summed E-state index contributed by atoms with van der Waals surface area (Å²) in [5, 5.41) is 2.26. The van der Waals surface area contributed by atoms with Gasteiger partial charge in [-0.1, -0.05) is 0 Å². The summed E-state index contributed by atoms with van der Waals surface area (Å²) in [5.41, 5.74) is -0.949. The maximum atomic E-state index is 12.9. The van der Waals surface area contributed by atoms with E-state index in [-0.39, 0.29) is 11.3 Å². The maximum Gasteiger partial charge on any atom is 0.416 e. The molecule has 0 unspecified atom stereocenters. The van der Waals surface area contributed by atoms with Gasteiger partial charge in [0.2, 0.25) is 5.91 Å². The van der Waals surface area contributed by atoms with E-state index < -0.39 is 36.1 Å². The first kappa shape index (κ1) is 18.1. The smallest absolute Gasteiger partial charge is 0.352 e. The molecule has 0 radical (unpaired) electrons. The molecule has 0 saturated carbocycles. The summed E-state index contributed by atoms with van der Waals surface area (Å²) in [5.74, 6) is -1.08. The van der Waals surface area contributed by atoms with Gasteiger partial charge in [0.1, 0.15) is 5.78 Å². The van der Waals surface area contributed by atoms with Crippen molar-refractivity contribution in [2.75, 3.05) is 19.5 Å². The number of hydrogen-bond donors (Lipinski definition) is 1. The molecule has 0 fully saturated rings. The van der Waals surface area contributed by atoms with Crippen LogP contribution in [0.1, 0.15) is 30.8 Å². The number of carbonyl (C=O) groups is 2. The quantitative estimate of drug-likeness (QED) is 0.647. The summed E-state index contributed by atoms with van der Waals surface area (Å²) in [6, 6.07) is 2.95. The molecule has 8 heteroatoms. The predicted octanol–water partition coefficient (Wildman–Crippen LogP) is 2.91. The van der Waals surface area contributed by atoms with Gasteiger partial charge < -0.3 is 14.8 Å². The Morgan fingerprint density at radius 1 is 1.18 bits per heavy atom. The monoisotopic (exact) mass is 319 g/mol. The number of ether oxygens (including phenoxy) is 2. The second-order valence-corrected chi connectivity index (χ2v) is 4.57. The number of ketones is 1. The molecular formula is C14H16F3NO4. The molecule has 0 saturated heterocycles. The highest BCUT2D eigenvalue weighted by Gasteiger charge is 2.32. The number of benzene rings is 1. The number of amides is 1. The summed E-state index contributed by atoms with van der Waals surface area (Å²) in [6.45, 7) is 1.21. The summed E-state index contributed by atoms with van der Waals surface area (Å²) in [7, 11) is 2.56. The molecule has 1 rings (SSSR count). The van der Waals surface area contributed by atoms with Gasteiger partial charge in [0.15, 0.2) is 6.29 Å². The van der Waals surface area contributed by atoms with Crippen LogP contribution in [0.2, 0.25) is 0 Å². The van der Waals surface area contributed by atoms with E-state index in [4.69, 9.17) is 9.47 Å². The highest BCUT2D eigenvalue weighted by molar-refractivity contribution is 6.03. The number of methoxy groups -OCH3 is 2. The molecule has 0 aliphatic heterocycles. The third-order valence-electron chi connectivity index (χ3n) is 2.68. The fourth-order valence-electron chi connectivity index (χ4n) is 1.82. The van der Waals surface area contributed by atoms with E-state index in [2.05, 4.69) is 5.32 Å². The van der Waals surface area contributed by atoms with Crippen molar-refractivity contribution in [2.45, 2.75) is 25.8 Å². The van der Waals surface area contributed by atoms with Crippen LogP contribution >= 0.6 is 0 Å². The Hall–Kier alpha value is -1.93. The third kappa shape index (κ3) is 5.12. The fraction of sp³-hybridized carbons (Fsp3) is 0.429.